The van der Waals surface area contributed by atoms with E-state index in [2.05, 4.69) is 4.98 Å². The molecule has 4 rings (SSSR count). The van der Waals surface area contributed by atoms with Gasteiger partial charge >= 0.3 is 0 Å². The molecule has 3 aromatic heterocycles. The van der Waals surface area contributed by atoms with Gasteiger partial charge in [0.15, 0.2) is 5.16 Å². The molecule has 0 aliphatic carbocycles. The Kier molecular flexibility index (Phi) is 4.68. The second kappa shape index (κ2) is 6.84. The van der Waals surface area contributed by atoms with Crippen LogP contribution in [-0.2, 0) is 22.8 Å². The molecule has 0 aromatic carbocycles. The van der Waals surface area contributed by atoms with Crippen molar-refractivity contribution in [3.63, 3.8) is 0 Å². The third-order valence-corrected chi connectivity index (χ3v) is 8.00. The van der Waals surface area contributed by atoms with Crippen molar-refractivity contribution in [3.05, 3.63) is 39.7 Å². The molecule has 1 fully saturated rings. The monoisotopic (exact) mass is 411 g/mol. The summed E-state index contributed by atoms with van der Waals surface area (Å²) in [6.45, 7) is 1.08. The molecule has 1 saturated heterocycles. The van der Waals surface area contributed by atoms with Crippen LogP contribution in [0.4, 0.5) is 0 Å². The second-order valence-corrected chi connectivity index (χ2v) is 9.74. The van der Waals surface area contributed by atoms with Gasteiger partial charge in [-0.15, -0.1) is 11.3 Å². The summed E-state index contributed by atoms with van der Waals surface area (Å²) in [7, 11) is -1.87. The van der Waals surface area contributed by atoms with Gasteiger partial charge in [-0.1, -0.05) is 11.8 Å². The van der Waals surface area contributed by atoms with Crippen molar-refractivity contribution in [2.24, 2.45) is 7.05 Å². The highest BCUT2D eigenvalue weighted by Crippen LogP contribution is 2.27. The number of hydrogen-bond acceptors (Lipinski definition) is 7. The maximum Gasteiger partial charge on any atom is 0.276 e. The predicted octanol–water partition coefficient (Wildman–Crippen LogP) is 2.66. The summed E-state index contributed by atoms with van der Waals surface area (Å²) in [5, 5.41) is 2.39. The minimum atomic E-state index is -3.55. The van der Waals surface area contributed by atoms with Crippen LogP contribution < -0.4 is 5.56 Å². The van der Waals surface area contributed by atoms with E-state index in [0.29, 0.717) is 40.0 Å². The summed E-state index contributed by atoms with van der Waals surface area (Å²) in [5.41, 5.74) is 0.599. The molecule has 0 radical (unpaired) electrons. The molecule has 4 heterocycles. The van der Waals surface area contributed by atoms with Gasteiger partial charge in [-0.3, -0.25) is 9.36 Å². The lowest BCUT2D eigenvalue weighted by molar-refractivity contribution is 0.397. The summed E-state index contributed by atoms with van der Waals surface area (Å²) < 4.78 is 34.2. The average Bonchev–Trinajstić information content (AvgIpc) is 3.38. The molecule has 1 aliphatic rings. The van der Waals surface area contributed by atoms with Crippen molar-refractivity contribution < 1.29 is 12.8 Å². The molecule has 0 bridgehead atoms. The van der Waals surface area contributed by atoms with Crippen LogP contribution in [0.15, 0.2) is 43.0 Å². The number of aromatic nitrogens is 2. The fourth-order valence-corrected chi connectivity index (χ4v) is 5.98. The third-order valence-electron chi connectivity index (χ3n) is 4.29. The van der Waals surface area contributed by atoms with E-state index in [-0.39, 0.29) is 10.7 Å². The molecular formula is C16H17N3O4S3. The minimum absolute atomic E-state index is 0.0230. The molecule has 7 nitrogen and oxygen atoms in total. The van der Waals surface area contributed by atoms with Gasteiger partial charge < -0.3 is 4.42 Å². The zero-order valence-corrected chi connectivity index (χ0v) is 16.5. The minimum Gasteiger partial charge on any atom is -0.447 e. The highest BCUT2D eigenvalue weighted by molar-refractivity contribution is 7.98. The Labute approximate surface area is 158 Å². The summed E-state index contributed by atoms with van der Waals surface area (Å²) in [5.74, 6) is 0.929. The van der Waals surface area contributed by atoms with E-state index in [9.17, 15) is 13.2 Å². The van der Waals surface area contributed by atoms with Crippen molar-refractivity contribution in [1.82, 2.24) is 13.9 Å². The Morgan fingerprint density at radius 2 is 2.04 bits per heavy atom. The molecule has 10 heteroatoms. The first-order chi connectivity index (χ1) is 12.5. The number of nitrogens with zero attached hydrogens (tertiary/aromatic N) is 3. The molecule has 0 amide bonds. The first kappa shape index (κ1) is 17.8. The zero-order chi connectivity index (χ0) is 18.3. The fourth-order valence-electron chi connectivity index (χ4n) is 2.86. The predicted molar refractivity (Wildman–Crippen MR) is 101 cm³/mol. The summed E-state index contributed by atoms with van der Waals surface area (Å²) in [6.07, 6.45) is 1.76. The van der Waals surface area contributed by atoms with E-state index in [1.54, 1.807) is 13.1 Å². The van der Waals surface area contributed by atoms with Gasteiger partial charge in [0, 0.05) is 20.1 Å². The number of rotatable bonds is 5. The maximum atomic E-state index is 12.5. The molecule has 0 saturated carbocycles. The van der Waals surface area contributed by atoms with Crippen LogP contribution in [0, 0.1) is 0 Å². The topological polar surface area (TPSA) is 85.4 Å². The van der Waals surface area contributed by atoms with Crippen LogP contribution in [0.1, 0.15) is 18.6 Å². The normalized spacial score (nSPS) is 15.9. The number of thioether (sulfide) groups is 1. The fraction of sp³-hybridized carbons (Fsp3) is 0.375. The van der Waals surface area contributed by atoms with Gasteiger partial charge in [0.1, 0.15) is 10.5 Å². The Bertz CT molecular complexity index is 1110. The van der Waals surface area contributed by atoms with E-state index in [0.717, 1.165) is 12.8 Å². The third kappa shape index (κ3) is 3.11. The van der Waals surface area contributed by atoms with Crippen molar-refractivity contribution in [2.45, 2.75) is 28.8 Å². The van der Waals surface area contributed by atoms with Gasteiger partial charge in [0.05, 0.1) is 11.3 Å². The van der Waals surface area contributed by atoms with E-state index < -0.39 is 10.0 Å². The first-order valence-electron chi connectivity index (χ1n) is 8.13. The van der Waals surface area contributed by atoms with E-state index in [1.807, 2.05) is 11.4 Å². The number of sulfonamides is 1. The molecule has 26 heavy (non-hydrogen) atoms. The van der Waals surface area contributed by atoms with Crippen LogP contribution in [0.25, 0.3) is 10.2 Å². The van der Waals surface area contributed by atoms with E-state index in [4.69, 9.17) is 4.42 Å². The van der Waals surface area contributed by atoms with Crippen LogP contribution in [-0.4, -0.2) is 35.4 Å². The Morgan fingerprint density at radius 1 is 1.27 bits per heavy atom. The van der Waals surface area contributed by atoms with Crippen LogP contribution >= 0.6 is 23.1 Å². The molecule has 3 aromatic rings. The summed E-state index contributed by atoms with van der Waals surface area (Å²) in [4.78, 5) is 16.8. The average molecular weight is 412 g/mol. The van der Waals surface area contributed by atoms with E-state index >= 15 is 0 Å². The van der Waals surface area contributed by atoms with Crippen LogP contribution in [0.5, 0.6) is 0 Å². The van der Waals surface area contributed by atoms with Crippen molar-refractivity contribution in [2.75, 3.05) is 13.1 Å². The van der Waals surface area contributed by atoms with Crippen molar-refractivity contribution in [3.8, 4) is 0 Å². The van der Waals surface area contributed by atoms with Crippen LogP contribution in [0.3, 0.4) is 0 Å². The van der Waals surface area contributed by atoms with Gasteiger partial charge in [-0.05, 0) is 36.4 Å². The lowest BCUT2D eigenvalue weighted by Crippen LogP contribution is -2.27. The van der Waals surface area contributed by atoms with Crippen LogP contribution in [0.2, 0.25) is 0 Å². The highest BCUT2D eigenvalue weighted by Gasteiger charge is 2.29. The maximum absolute atomic E-state index is 12.5. The van der Waals surface area contributed by atoms with Gasteiger partial charge in [0.2, 0.25) is 5.09 Å². The smallest absolute Gasteiger partial charge is 0.276 e. The lowest BCUT2D eigenvalue weighted by atomic mass is 10.4. The molecule has 138 valence electrons. The highest BCUT2D eigenvalue weighted by atomic mass is 32.2. The van der Waals surface area contributed by atoms with Gasteiger partial charge in [-0.2, -0.15) is 4.31 Å². The number of thiophene rings is 1. The van der Waals surface area contributed by atoms with Crippen molar-refractivity contribution >= 4 is 43.3 Å². The standard InChI is InChI=1S/C16H17N3O4S3/c1-18-15(20)14-12(6-9-24-14)17-16(18)25-10-11-4-5-13(23-11)26(21,22)19-7-2-3-8-19/h4-6,9H,2-3,7-8,10H2,1H3. The second-order valence-electron chi connectivity index (χ2n) is 6.01. The largest absolute Gasteiger partial charge is 0.447 e. The molecule has 0 atom stereocenters. The SMILES string of the molecule is Cn1c(SCc2ccc(S(=O)(=O)N3CCCC3)o2)nc2ccsc2c1=O. The van der Waals surface area contributed by atoms with Gasteiger partial charge in [-0.25, -0.2) is 13.4 Å². The molecule has 1 aliphatic heterocycles. The summed E-state index contributed by atoms with van der Waals surface area (Å²) >= 11 is 2.72. The lowest BCUT2D eigenvalue weighted by Gasteiger charge is -2.12. The van der Waals surface area contributed by atoms with Crippen molar-refractivity contribution in [1.29, 1.82) is 0 Å². The zero-order valence-electron chi connectivity index (χ0n) is 14.0. The van der Waals surface area contributed by atoms with E-state index in [1.165, 1.54) is 38.0 Å². The molecular weight excluding hydrogens is 394 g/mol. The molecule has 0 unspecified atom stereocenters. The molecule has 0 N–H and O–H groups in total. The Balaban J connectivity index is 1.54. The molecule has 0 spiro atoms. The van der Waals surface area contributed by atoms with Gasteiger partial charge in [0.25, 0.3) is 15.6 Å². The number of hydrogen-bond donors (Lipinski definition) is 0. The Morgan fingerprint density at radius 3 is 2.81 bits per heavy atom. The first-order valence-corrected chi connectivity index (χ1v) is 11.4. The quantitative estimate of drug-likeness (QED) is 0.474. The Hall–Kier alpha value is -1.62. The summed E-state index contributed by atoms with van der Waals surface area (Å²) in [6, 6.07) is 4.98. The number of furan rings is 1. The number of fused-ring (bicyclic) bond motifs is 1.